The molecule has 0 unspecified atom stereocenters. The summed E-state index contributed by atoms with van der Waals surface area (Å²) in [6, 6.07) is 6.50. The molecule has 1 aromatic carbocycles. The highest BCUT2D eigenvalue weighted by atomic mass is 32.2. The van der Waals surface area contributed by atoms with Gasteiger partial charge < -0.3 is 9.47 Å². The van der Waals surface area contributed by atoms with E-state index in [4.69, 9.17) is 14.5 Å². The van der Waals surface area contributed by atoms with Gasteiger partial charge in [0.05, 0.1) is 24.2 Å². The molecule has 3 aliphatic rings. The number of amidine groups is 1. The van der Waals surface area contributed by atoms with E-state index in [2.05, 4.69) is 0 Å². The average molecular weight is 457 g/mol. The first-order chi connectivity index (χ1) is 15.5. The van der Waals surface area contributed by atoms with E-state index in [1.54, 1.807) is 18.9 Å². The van der Waals surface area contributed by atoms with Crippen LogP contribution in [0.4, 0.5) is 0 Å². The van der Waals surface area contributed by atoms with Crippen LogP contribution in [-0.4, -0.2) is 41.3 Å². The first-order valence-corrected chi connectivity index (χ1v) is 13.0. The Kier molecular flexibility index (Phi) is 7.82. The SMILES string of the molecule is COc1cc(C=C2SC(=NC3CCCCC3)N(C3CCCCC3)C2=O)ccc1OC(C)C. The molecule has 2 aliphatic carbocycles. The van der Waals surface area contributed by atoms with Gasteiger partial charge in [-0.2, -0.15) is 0 Å². The lowest BCUT2D eigenvalue weighted by atomic mass is 9.94. The second-order valence-corrected chi connectivity index (χ2v) is 10.4. The number of carbonyl (C=O) groups is 1. The molecule has 1 heterocycles. The van der Waals surface area contributed by atoms with Gasteiger partial charge >= 0.3 is 0 Å². The monoisotopic (exact) mass is 456 g/mol. The molecule has 1 aliphatic heterocycles. The number of methoxy groups -OCH3 is 1. The molecule has 174 valence electrons. The molecule has 0 atom stereocenters. The summed E-state index contributed by atoms with van der Waals surface area (Å²) >= 11 is 1.55. The summed E-state index contributed by atoms with van der Waals surface area (Å²) in [5, 5.41) is 0.923. The maximum Gasteiger partial charge on any atom is 0.266 e. The van der Waals surface area contributed by atoms with Crippen LogP contribution in [0.25, 0.3) is 6.08 Å². The van der Waals surface area contributed by atoms with Crippen molar-refractivity contribution >= 4 is 28.9 Å². The summed E-state index contributed by atoms with van der Waals surface area (Å²) < 4.78 is 11.4. The van der Waals surface area contributed by atoms with Crippen molar-refractivity contribution < 1.29 is 14.3 Å². The number of hydrogen-bond acceptors (Lipinski definition) is 5. The highest BCUT2D eigenvalue weighted by Crippen LogP contribution is 2.39. The van der Waals surface area contributed by atoms with Gasteiger partial charge in [0.25, 0.3) is 5.91 Å². The number of carbonyl (C=O) groups excluding carboxylic acids is 1. The average Bonchev–Trinajstić information content (AvgIpc) is 3.10. The van der Waals surface area contributed by atoms with Crippen molar-refractivity contribution in [3.8, 4) is 11.5 Å². The normalized spacial score (nSPS) is 23.5. The summed E-state index contributed by atoms with van der Waals surface area (Å²) in [4.78, 5) is 21.4. The van der Waals surface area contributed by atoms with Gasteiger partial charge in [-0.3, -0.25) is 14.7 Å². The molecule has 3 fully saturated rings. The van der Waals surface area contributed by atoms with E-state index in [-0.39, 0.29) is 18.1 Å². The first-order valence-electron chi connectivity index (χ1n) is 12.2. The fraction of sp³-hybridized carbons (Fsp3) is 0.615. The third-order valence-corrected chi connectivity index (χ3v) is 7.49. The van der Waals surface area contributed by atoms with Crippen LogP contribution in [-0.2, 0) is 4.79 Å². The number of thioether (sulfide) groups is 1. The Morgan fingerprint density at radius 1 is 1.03 bits per heavy atom. The largest absolute Gasteiger partial charge is 0.493 e. The Hall–Kier alpha value is -1.95. The maximum atomic E-state index is 13.5. The van der Waals surface area contributed by atoms with Crippen LogP contribution >= 0.6 is 11.8 Å². The lowest BCUT2D eigenvalue weighted by molar-refractivity contribution is -0.124. The second kappa shape index (κ2) is 10.8. The first kappa shape index (κ1) is 23.2. The highest BCUT2D eigenvalue weighted by molar-refractivity contribution is 8.18. The van der Waals surface area contributed by atoms with E-state index in [0.717, 1.165) is 47.1 Å². The van der Waals surface area contributed by atoms with E-state index in [9.17, 15) is 4.79 Å². The van der Waals surface area contributed by atoms with Crippen LogP contribution in [0.3, 0.4) is 0 Å². The molecular weight excluding hydrogens is 420 g/mol. The maximum absolute atomic E-state index is 13.5. The lowest BCUT2D eigenvalue weighted by Crippen LogP contribution is -2.41. The van der Waals surface area contributed by atoms with Gasteiger partial charge in [-0.25, -0.2) is 0 Å². The fourth-order valence-corrected chi connectivity index (χ4v) is 5.99. The summed E-state index contributed by atoms with van der Waals surface area (Å²) in [6.07, 6.45) is 14.0. The smallest absolute Gasteiger partial charge is 0.266 e. The van der Waals surface area contributed by atoms with Gasteiger partial charge in [-0.1, -0.05) is 44.6 Å². The zero-order valence-electron chi connectivity index (χ0n) is 19.6. The minimum atomic E-state index is 0.0719. The van der Waals surface area contributed by atoms with E-state index >= 15 is 0 Å². The molecule has 0 aromatic heterocycles. The molecule has 0 radical (unpaired) electrons. The Bertz CT molecular complexity index is 868. The standard InChI is InChI=1S/C26H36N2O3S/c1-18(2)31-22-15-14-19(16-23(22)30-3)17-24-25(29)28(21-12-8-5-9-13-21)26(32-24)27-20-10-6-4-7-11-20/h14-18,20-21H,4-13H2,1-3H3. The van der Waals surface area contributed by atoms with Crippen LogP contribution in [0, 0.1) is 0 Å². The number of amides is 1. The molecule has 6 heteroatoms. The molecule has 2 saturated carbocycles. The van der Waals surface area contributed by atoms with Crippen molar-refractivity contribution in [2.45, 2.75) is 96.2 Å². The molecule has 5 nitrogen and oxygen atoms in total. The fourth-order valence-electron chi connectivity index (χ4n) is 4.88. The topological polar surface area (TPSA) is 51.1 Å². The third kappa shape index (κ3) is 5.51. The molecular formula is C26H36N2O3S. The number of rotatable bonds is 6. The zero-order valence-corrected chi connectivity index (χ0v) is 20.5. The van der Waals surface area contributed by atoms with Crippen molar-refractivity contribution in [3.05, 3.63) is 28.7 Å². The lowest BCUT2D eigenvalue weighted by Gasteiger charge is -2.31. The predicted octanol–water partition coefficient (Wildman–Crippen LogP) is 6.42. The van der Waals surface area contributed by atoms with Crippen LogP contribution in [0.1, 0.15) is 83.6 Å². The van der Waals surface area contributed by atoms with Crippen LogP contribution in [0.15, 0.2) is 28.1 Å². The molecule has 1 amide bonds. The van der Waals surface area contributed by atoms with Crippen molar-refractivity contribution in [2.24, 2.45) is 4.99 Å². The number of ether oxygens (including phenoxy) is 2. The summed E-state index contributed by atoms with van der Waals surface area (Å²) in [5.41, 5.74) is 0.941. The van der Waals surface area contributed by atoms with Crippen LogP contribution < -0.4 is 9.47 Å². The van der Waals surface area contributed by atoms with Gasteiger partial charge in [0.15, 0.2) is 16.7 Å². The van der Waals surface area contributed by atoms with Crippen molar-refractivity contribution in [1.29, 1.82) is 0 Å². The number of nitrogens with zero attached hydrogens (tertiary/aromatic N) is 2. The van der Waals surface area contributed by atoms with Gasteiger partial charge in [0.1, 0.15) is 0 Å². The van der Waals surface area contributed by atoms with E-state index in [1.165, 1.54) is 38.5 Å². The summed E-state index contributed by atoms with van der Waals surface area (Å²) in [5.74, 6) is 1.51. The molecule has 32 heavy (non-hydrogen) atoms. The van der Waals surface area contributed by atoms with Crippen molar-refractivity contribution in [1.82, 2.24) is 4.90 Å². The Morgan fingerprint density at radius 3 is 2.38 bits per heavy atom. The van der Waals surface area contributed by atoms with Crippen LogP contribution in [0.5, 0.6) is 11.5 Å². The molecule has 1 saturated heterocycles. The van der Waals surface area contributed by atoms with Gasteiger partial charge in [-0.15, -0.1) is 0 Å². The Balaban J connectivity index is 1.61. The number of benzene rings is 1. The molecule has 0 N–H and O–H groups in total. The van der Waals surface area contributed by atoms with Gasteiger partial charge in [-0.05, 0) is 75.1 Å². The molecule has 4 rings (SSSR count). The molecule has 1 aromatic rings. The number of aliphatic imine (C=N–C) groups is 1. The Labute approximate surface area is 196 Å². The predicted molar refractivity (Wildman–Crippen MR) is 132 cm³/mol. The van der Waals surface area contributed by atoms with E-state index in [0.29, 0.717) is 11.8 Å². The zero-order chi connectivity index (χ0) is 22.5. The van der Waals surface area contributed by atoms with Crippen LogP contribution in [0.2, 0.25) is 0 Å². The van der Waals surface area contributed by atoms with Crippen molar-refractivity contribution in [3.63, 3.8) is 0 Å². The van der Waals surface area contributed by atoms with E-state index in [1.807, 2.05) is 43.0 Å². The van der Waals surface area contributed by atoms with Gasteiger partial charge in [0.2, 0.25) is 0 Å². The minimum absolute atomic E-state index is 0.0719. The highest BCUT2D eigenvalue weighted by Gasteiger charge is 2.39. The quantitative estimate of drug-likeness (QED) is 0.464. The van der Waals surface area contributed by atoms with E-state index < -0.39 is 0 Å². The molecule has 0 bridgehead atoms. The second-order valence-electron chi connectivity index (χ2n) is 9.36. The third-order valence-electron chi connectivity index (χ3n) is 6.49. The van der Waals surface area contributed by atoms with Gasteiger partial charge in [0, 0.05) is 6.04 Å². The summed E-state index contributed by atoms with van der Waals surface area (Å²) in [7, 11) is 1.65. The van der Waals surface area contributed by atoms with Crippen molar-refractivity contribution in [2.75, 3.05) is 7.11 Å². The minimum Gasteiger partial charge on any atom is -0.493 e. The number of hydrogen-bond donors (Lipinski definition) is 0. The summed E-state index contributed by atoms with van der Waals surface area (Å²) in [6.45, 7) is 3.99. The molecule has 0 spiro atoms. The Morgan fingerprint density at radius 2 is 1.72 bits per heavy atom.